The van der Waals surface area contributed by atoms with Crippen LogP contribution in [0.2, 0.25) is 0 Å². The van der Waals surface area contributed by atoms with E-state index in [1.165, 1.54) is 17.5 Å². The molecule has 0 N–H and O–H groups in total. The Hall–Kier alpha value is -1.12. The van der Waals surface area contributed by atoms with Crippen LogP contribution in [0.4, 0.5) is 0 Å². The molecule has 0 aromatic heterocycles. The van der Waals surface area contributed by atoms with Crippen molar-refractivity contribution in [2.45, 2.75) is 26.4 Å². The molecule has 0 saturated carbocycles. The van der Waals surface area contributed by atoms with E-state index >= 15 is 0 Å². The second kappa shape index (κ2) is 7.34. The van der Waals surface area contributed by atoms with Crippen LogP contribution in [-0.4, -0.2) is 32.2 Å². The molecule has 0 bridgehead atoms. The lowest BCUT2D eigenvalue weighted by atomic mass is 10.1. The van der Waals surface area contributed by atoms with Crippen LogP contribution in [0.25, 0.3) is 6.08 Å². The summed E-state index contributed by atoms with van der Waals surface area (Å²) in [7, 11) is 6.44. The van der Waals surface area contributed by atoms with Gasteiger partial charge in [0.2, 0.25) is 0 Å². The van der Waals surface area contributed by atoms with Gasteiger partial charge in [0.25, 0.3) is 0 Å². The minimum atomic E-state index is 0.722. The molecule has 0 aliphatic rings. The predicted octanol–water partition coefficient (Wildman–Crippen LogP) is 3.68. The van der Waals surface area contributed by atoms with Crippen molar-refractivity contribution in [2.75, 3.05) is 27.7 Å². The Kier molecular flexibility index (Phi) is 6.10. The largest absolute Gasteiger partial charge is 0.377 e. The normalized spacial score (nSPS) is 12.2. The van der Waals surface area contributed by atoms with Gasteiger partial charge in [0.1, 0.15) is 0 Å². The van der Waals surface area contributed by atoms with Crippen LogP contribution >= 0.6 is 0 Å². The van der Waals surface area contributed by atoms with E-state index in [9.17, 15) is 0 Å². The van der Waals surface area contributed by atoms with Gasteiger partial charge in [0, 0.05) is 6.61 Å². The standard InChI is InChI=1S/C16H26NO/c1-5-6-13-18-14-16-9-7-15(8-10-16)11-12-17(2,3)4/h7-12H,5-6,13-14H2,1-4H3/q+1. The van der Waals surface area contributed by atoms with Crippen LogP contribution in [0.3, 0.4) is 0 Å². The molecule has 0 atom stereocenters. The Morgan fingerprint density at radius 1 is 1.11 bits per heavy atom. The summed E-state index contributed by atoms with van der Waals surface area (Å²) in [4.78, 5) is 0. The fourth-order valence-electron chi connectivity index (χ4n) is 1.47. The highest BCUT2D eigenvalue weighted by Gasteiger charge is 2.00. The summed E-state index contributed by atoms with van der Waals surface area (Å²) in [6.07, 6.45) is 6.66. The average molecular weight is 248 g/mol. The second-order valence-electron chi connectivity index (χ2n) is 5.58. The van der Waals surface area contributed by atoms with Crippen LogP contribution in [-0.2, 0) is 11.3 Å². The summed E-state index contributed by atoms with van der Waals surface area (Å²) in [5.74, 6) is 0. The molecule has 0 saturated heterocycles. The zero-order valence-electron chi connectivity index (χ0n) is 12.1. The fourth-order valence-corrected chi connectivity index (χ4v) is 1.47. The first-order chi connectivity index (χ1) is 8.51. The molecule has 0 heterocycles. The summed E-state index contributed by atoms with van der Waals surface area (Å²) in [6, 6.07) is 8.57. The molecule has 1 aromatic carbocycles. The SMILES string of the molecule is CCCCOCc1ccc(C=C[N+](C)(C)C)cc1. The van der Waals surface area contributed by atoms with Crippen molar-refractivity contribution in [2.24, 2.45) is 0 Å². The van der Waals surface area contributed by atoms with Crippen molar-refractivity contribution in [1.29, 1.82) is 0 Å². The van der Waals surface area contributed by atoms with Crippen LogP contribution < -0.4 is 0 Å². The van der Waals surface area contributed by atoms with Crippen molar-refractivity contribution in [3.05, 3.63) is 41.6 Å². The van der Waals surface area contributed by atoms with Crippen molar-refractivity contribution in [3.8, 4) is 0 Å². The summed E-state index contributed by atoms with van der Waals surface area (Å²) in [6.45, 7) is 3.76. The van der Waals surface area contributed by atoms with Crippen molar-refractivity contribution in [1.82, 2.24) is 0 Å². The first-order valence-electron chi connectivity index (χ1n) is 6.68. The average Bonchev–Trinajstić information content (AvgIpc) is 2.33. The number of quaternary nitrogens is 1. The summed E-state index contributed by atoms with van der Waals surface area (Å²) >= 11 is 0. The smallest absolute Gasteiger partial charge is 0.0958 e. The monoisotopic (exact) mass is 248 g/mol. The molecule has 2 nitrogen and oxygen atoms in total. The van der Waals surface area contributed by atoms with Gasteiger partial charge in [-0.3, -0.25) is 0 Å². The molecular formula is C16H26NO+. The highest BCUT2D eigenvalue weighted by atomic mass is 16.5. The molecule has 0 amide bonds. The topological polar surface area (TPSA) is 9.23 Å². The third kappa shape index (κ3) is 6.58. The maximum Gasteiger partial charge on any atom is 0.0958 e. The molecule has 0 fully saturated rings. The van der Waals surface area contributed by atoms with Gasteiger partial charge >= 0.3 is 0 Å². The van der Waals surface area contributed by atoms with E-state index < -0.39 is 0 Å². The first-order valence-corrected chi connectivity index (χ1v) is 6.68. The van der Waals surface area contributed by atoms with Crippen LogP contribution in [0.5, 0.6) is 0 Å². The number of benzene rings is 1. The Morgan fingerprint density at radius 2 is 1.78 bits per heavy atom. The summed E-state index contributed by atoms with van der Waals surface area (Å²) in [5.41, 5.74) is 2.48. The second-order valence-corrected chi connectivity index (χ2v) is 5.58. The van der Waals surface area contributed by atoms with E-state index in [2.05, 4.69) is 64.6 Å². The predicted molar refractivity (Wildman–Crippen MR) is 78.1 cm³/mol. The van der Waals surface area contributed by atoms with Gasteiger partial charge in [0.15, 0.2) is 0 Å². The molecule has 1 aromatic rings. The molecule has 18 heavy (non-hydrogen) atoms. The summed E-state index contributed by atoms with van der Waals surface area (Å²) < 4.78 is 6.43. The molecule has 0 radical (unpaired) electrons. The van der Waals surface area contributed by atoms with E-state index in [1.54, 1.807) is 0 Å². The molecule has 0 spiro atoms. The molecule has 0 aliphatic heterocycles. The van der Waals surface area contributed by atoms with Gasteiger partial charge in [0.05, 0.1) is 33.9 Å². The van der Waals surface area contributed by atoms with E-state index in [1.807, 2.05) is 0 Å². The number of rotatable bonds is 7. The Labute approximate surface area is 111 Å². The first kappa shape index (κ1) is 14.9. The molecule has 2 heteroatoms. The molecule has 100 valence electrons. The van der Waals surface area contributed by atoms with Gasteiger partial charge < -0.3 is 9.22 Å². The van der Waals surface area contributed by atoms with Gasteiger partial charge in [-0.25, -0.2) is 0 Å². The molecule has 1 rings (SSSR count). The quantitative estimate of drug-likeness (QED) is 0.528. The van der Waals surface area contributed by atoms with Gasteiger partial charge in [-0.15, -0.1) is 0 Å². The minimum absolute atomic E-state index is 0.722. The van der Waals surface area contributed by atoms with E-state index in [4.69, 9.17) is 4.74 Å². The van der Waals surface area contributed by atoms with Gasteiger partial charge in [-0.2, -0.15) is 0 Å². The highest BCUT2D eigenvalue weighted by Crippen LogP contribution is 2.09. The zero-order chi connectivity index (χ0) is 13.4. The lowest BCUT2D eigenvalue weighted by Gasteiger charge is -2.17. The van der Waals surface area contributed by atoms with E-state index in [-0.39, 0.29) is 0 Å². The number of unbranched alkanes of at least 4 members (excludes halogenated alkanes) is 1. The molecule has 0 aliphatic carbocycles. The van der Waals surface area contributed by atoms with Crippen LogP contribution in [0.1, 0.15) is 30.9 Å². The molecular weight excluding hydrogens is 222 g/mol. The Morgan fingerprint density at radius 3 is 2.33 bits per heavy atom. The summed E-state index contributed by atoms with van der Waals surface area (Å²) in [5, 5.41) is 0. The number of hydrogen-bond donors (Lipinski definition) is 0. The number of hydrogen-bond acceptors (Lipinski definition) is 1. The van der Waals surface area contributed by atoms with Gasteiger partial charge in [-0.1, -0.05) is 37.6 Å². The van der Waals surface area contributed by atoms with E-state index in [0.717, 1.165) is 24.1 Å². The van der Waals surface area contributed by atoms with Crippen LogP contribution in [0, 0.1) is 0 Å². The van der Waals surface area contributed by atoms with Crippen LogP contribution in [0.15, 0.2) is 30.5 Å². The Bertz CT molecular complexity index is 360. The fraction of sp³-hybridized carbons (Fsp3) is 0.500. The number of nitrogens with zero attached hydrogens (tertiary/aromatic N) is 1. The third-order valence-corrected chi connectivity index (χ3v) is 2.60. The lowest BCUT2D eigenvalue weighted by Crippen LogP contribution is -2.26. The van der Waals surface area contributed by atoms with E-state index in [0.29, 0.717) is 0 Å². The molecule has 0 unspecified atom stereocenters. The number of ether oxygens (including phenoxy) is 1. The van der Waals surface area contributed by atoms with Crippen molar-refractivity contribution in [3.63, 3.8) is 0 Å². The minimum Gasteiger partial charge on any atom is -0.377 e. The maximum atomic E-state index is 5.59. The van der Waals surface area contributed by atoms with Crippen molar-refractivity contribution < 1.29 is 9.22 Å². The van der Waals surface area contributed by atoms with Crippen molar-refractivity contribution >= 4 is 6.08 Å². The Balaban J connectivity index is 2.45. The lowest BCUT2D eigenvalue weighted by molar-refractivity contribution is -0.816. The maximum absolute atomic E-state index is 5.59. The third-order valence-electron chi connectivity index (χ3n) is 2.60. The zero-order valence-corrected chi connectivity index (χ0v) is 12.1. The highest BCUT2D eigenvalue weighted by molar-refractivity contribution is 5.48. The van der Waals surface area contributed by atoms with Gasteiger partial charge in [-0.05, 0) is 23.6 Å².